The zero-order chi connectivity index (χ0) is 25.4. The van der Waals surface area contributed by atoms with E-state index in [4.69, 9.17) is 16.6 Å². The lowest BCUT2D eigenvalue weighted by molar-refractivity contribution is -0.142. The zero-order valence-electron chi connectivity index (χ0n) is 19.0. The smallest absolute Gasteiger partial charge is 0.325 e. The first-order chi connectivity index (χ1) is 16.0. The average molecular weight is 475 g/mol. The molecule has 2 aromatic rings. The van der Waals surface area contributed by atoms with E-state index in [1.165, 1.54) is 13.8 Å². The molecule has 34 heavy (non-hydrogen) atoms. The lowest BCUT2D eigenvalue weighted by Gasteiger charge is -2.24. The Morgan fingerprint density at radius 1 is 0.971 bits per heavy atom. The number of nitrogens with one attached hydrogen (secondary N) is 4. The number of carbonyl (C=O) groups excluding carboxylic acids is 4. The summed E-state index contributed by atoms with van der Waals surface area (Å²) in [4.78, 5) is 63.4. The second-order valence-corrected chi connectivity index (χ2v) is 8.05. The molecule has 4 unspecified atom stereocenters. The summed E-state index contributed by atoms with van der Waals surface area (Å²) in [5, 5.41) is 17.2. The minimum absolute atomic E-state index is 0.0873. The number of rotatable bonds is 12. The first-order valence-corrected chi connectivity index (χ1v) is 10.7. The van der Waals surface area contributed by atoms with Crippen LogP contribution in [0.15, 0.2) is 30.5 Å². The minimum atomic E-state index is -1.27. The van der Waals surface area contributed by atoms with Crippen molar-refractivity contribution in [3.05, 3.63) is 36.0 Å². The number of aliphatic carboxylic acids is 1. The molecule has 0 aliphatic heterocycles. The van der Waals surface area contributed by atoms with E-state index in [2.05, 4.69) is 20.9 Å². The Bertz CT molecular complexity index is 1070. The van der Waals surface area contributed by atoms with Crippen LogP contribution < -0.4 is 27.4 Å². The largest absolute Gasteiger partial charge is 0.480 e. The highest BCUT2D eigenvalue weighted by Crippen LogP contribution is 2.19. The SMILES string of the molecule is CC(N)C(=O)NC(Cc1c[nH]c2ccccc12)C(=O)NC(CCC(N)=O)C(=O)NC(C)C(=O)O. The highest BCUT2D eigenvalue weighted by atomic mass is 16.4. The molecule has 0 spiro atoms. The molecule has 4 atom stereocenters. The molecule has 184 valence electrons. The summed E-state index contributed by atoms with van der Waals surface area (Å²) in [7, 11) is 0. The van der Waals surface area contributed by atoms with Gasteiger partial charge in [-0.05, 0) is 31.9 Å². The van der Waals surface area contributed by atoms with Crippen LogP contribution in [0, 0.1) is 0 Å². The van der Waals surface area contributed by atoms with E-state index in [1.54, 1.807) is 6.20 Å². The van der Waals surface area contributed by atoms with Gasteiger partial charge in [0.15, 0.2) is 0 Å². The summed E-state index contributed by atoms with van der Waals surface area (Å²) in [5.41, 5.74) is 12.4. The summed E-state index contributed by atoms with van der Waals surface area (Å²) >= 11 is 0. The van der Waals surface area contributed by atoms with Crippen molar-refractivity contribution in [2.24, 2.45) is 11.5 Å². The number of benzene rings is 1. The van der Waals surface area contributed by atoms with E-state index >= 15 is 0 Å². The molecule has 1 aromatic heterocycles. The molecule has 0 saturated heterocycles. The van der Waals surface area contributed by atoms with Gasteiger partial charge < -0.3 is 37.5 Å². The fraction of sp³-hybridized carbons (Fsp3) is 0.409. The number of para-hydroxylation sites is 1. The van der Waals surface area contributed by atoms with E-state index in [1.807, 2.05) is 24.3 Å². The molecule has 0 radical (unpaired) electrons. The van der Waals surface area contributed by atoms with Crippen LogP contribution in [0.1, 0.15) is 32.3 Å². The van der Waals surface area contributed by atoms with Crippen LogP contribution in [0.25, 0.3) is 10.9 Å². The van der Waals surface area contributed by atoms with Gasteiger partial charge >= 0.3 is 5.97 Å². The standard InChI is InChI=1S/C22H30N6O6/c1-11(23)19(30)28-17(9-13-10-25-15-6-4-3-5-14(13)15)21(32)27-16(7-8-18(24)29)20(31)26-12(2)22(33)34/h3-6,10-12,16-17,25H,7-9,23H2,1-2H3,(H2,24,29)(H,26,31)(H,27,32)(H,28,30)(H,33,34). The Morgan fingerprint density at radius 3 is 2.21 bits per heavy atom. The van der Waals surface area contributed by atoms with Gasteiger partial charge in [0.2, 0.25) is 23.6 Å². The van der Waals surface area contributed by atoms with Crippen LogP contribution >= 0.6 is 0 Å². The Morgan fingerprint density at radius 2 is 1.59 bits per heavy atom. The van der Waals surface area contributed by atoms with Gasteiger partial charge in [0, 0.05) is 29.9 Å². The van der Waals surface area contributed by atoms with Crippen molar-refractivity contribution in [3.8, 4) is 0 Å². The lowest BCUT2D eigenvalue weighted by atomic mass is 10.0. The van der Waals surface area contributed by atoms with Gasteiger partial charge in [0.05, 0.1) is 6.04 Å². The van der Waals surface area contributed by atoms with Crippen LogP contribution in [0.5, 0.6) is 0 Å². The van der Waals surface area contributed by atoms with Gasteiger partial charge in [-0.25, -0.2) is 0 Å². The normalized spacial score (nSPS) is 14.4. The molecule has 1 aromatic carbocycles. The Labute approximate surface area is 195 Å². The second-order valence-electron chi connectivity index (χ2n) is 8.05. The zero-order valence-corrected chi connectivity index (χ0v) is 19.0. The number of primary amides is 1. The number of aromatic amines is 1. The molecular formula is C22H30N6O6. The summed E-state index contributed by atoms with van der Waals surface area (Å²) in [5.74, 6) is -4.04. The average Bonchev–Trinajstić information content (AvgIpc) is 3.18. The van der Waals surface area contributed by atoms with Crippen molar-refractivity contribution in [1.82, 2.24) is 20.9 Å². The van der Waals surface area contributed by atoms with Crippen molar-refractivity contribution in [2.45, 2.75) is 57.3 Å². The molecular weight excluding hydrogens is 444 g/mol. The number of carbonyl (C=O) groups is 5. The van der Waals surface area contributed by atoms with Crippen LogP contribution in [0.4, 0.5) is 0 Å². The van der Waals surface area contributed by atoms with Crippen LogP contribution in [0.3, 0.4) is 0 Å². The van der Waals surface area contributed by atoms with Gasteiger partial charge in [-0.3, -0.25) is 24.0 Å². The summed E-state index contributed by atoms with van der Waals surface area (Å²) < 4.78 is 0. The van der Waals surface area contributed by atoms with E-state index in [9.17, 15) is 24.0 Å². The molecule has 9 N–H and O–H groups in total. The van der Waals surface area contributed by atoms with Crippen LogP contribution in [-0.4, -0.2) is 63.9 Å². The van der Waals surface area contributed by atoms with Gasteiger partial charge in [0.1, 0.15) is 18.1 Å². The monoisotopic (exact) mass is 474 g/mol. The maximum absolute atomic E-state index is 13.2. The summed E-state index contributed by atoms with van der Waals surface area (Å²) in [6.45, 7) is 2.72. The summed E-state index contributed by atoms with van der Waals surface area (Å²) in [6.07, 6.45) is 1.43. The molecule has 0 bridgehead atoms. The van der Waals surface area contributed by atoms with Crippen molar-refractivity contribution >= 4 is 40.5 Å². The van der Waals surface area contributed by atoms with Crippen molar-refractivity contribution < 1.29 is 29.1 Å². The highest BCUT2D eigenvalue weighted by Gasteiger charge is 2.29. The third-order valence-electron chi connectivity index (χ3n) is 5.19. The predicted octanol–water partition coefficient (Wildman–Crippen LogP) is -1.12. The minimum Gasteiger partial charge on any atom is -0.480 e. The van der Waals surface area contributed by atoms with Crippen molar-refractivity contribution in [3.63, 3.8) is 0 Å². The number of carboxylic acids is 1. The maximum Gasteiger partial charge on any atom is 0.325 e. The number of nitrogens with two attached hydrogens (primary N) is 2. The van der Waals surface area contributed by atoms with E-state index in [0.717, 1.165) is 16.5 Å². The Balaban J connectivity index is 2.26. The number of aromatic nitrogens is 1. The molecule has 1 heterocycles. The van der Waals surface area contributed by atoms with Crippen LogP contribution in [0.2, 0.25) is 0 Å². The van der Waals surface area contributed by atoms with E-state index in [0.29, 0.717) is 0 Å². The Kier molecular flexibility index (Phi) is 9.13. The molecule has 0 saturated carbocycles. The molecule has 0 aliphatic carbocycles. The molecule has 0 fully saturated rings. The third kappa shape index (κ3) is 7.30. The molecule has 4 amide bonds. The molecule has 12 nitrogen and oxygen atoms in total. The third-order valence-corrected chi connectivity index (χ3v) is 5.19. The van der Waals surface area contributed by atoms with E-state index < -0.39 is 53.8 Å². The number of hydrogen-bond donors (Lipinski definition) is 7. The van der Waals surface area contributed by atoms with Crippen molar-refractivity contribution in [1.29, 1.82) is 0 Å². The van der Waals surface area contributed by atoms with Crippen LogP contribution in [-0.2, 0) is 30.4 Å². The topological polar surface area (TPSA) is 209 Å². The second kappa shape index (κ2) is 11.8. The quantitative estimate of drug-likeness (QED) is 0.201. The highest BCUT2D eigenvalue weighted by molar-refractivity contribution is 5.95. The number of fused-ring (bicyclic) bond motifs is 1. The fourth-order valence-electron chi connectivity index (χ4n) is 3.24. The molecule has 12 heteroatoms. The Hall–Kier alpha value is -3.93. The summed E-state index contributed by atoms with van der Waals surface area (Å²) in [6, 6.07) is 2.96. The molecule has 0 aliphatic rings. The number of carboxylic acid groups (broad SMARTS) is 1. The lowest BCUT2D eigenvalue weighted by Crippen LogP contribution is -2.57. The van der Waals surface area contributed by atoms with Gasteiger partial charge in [-0.15, -0.1) is 0 Å². The fourth-order valence-corrected chi connectivity index (χ4v) is 3.24. The molecule has 2 rings (SSSR count). The number of amides is 4. The maximum atomic E-state index is 13.2. The van der Waals surface area contributed by atoms with Crippen molar-refractivity contribution in [2.75, 3.05) is 0 Å². The van der Waals surface area contributed by atoms with Gasteiger partial charge in [-0.2, -0.15) is 0 Å². The van der Waals surface area contributed by atoms with E-state index in [-0.39, 0.29) is 19.3 Å². The first kappa shape index (κ1) is 26.3. The van der Waals surface area contributed by atoms with Gasteiger partial charge in [0.25, 0.3) is 0 Å². The predicted molar refractivity (Wildman–Crippen MR) is 123 cm³/mol. The first-order valence-electron chi connectivity index (χ1n) is 10.7. The number of H-pyrrole nitrogens is 1. The number of hydrogen-bond acceptors (Lipinski definition) is 6. The van der Waals surface area contributed by atoms with Gasteiger partial charge in [-0.1, -0.05) is 18.2 Å².